The molecule has 1 aromatic carbocycles. The van der Waals surface area contributed by atoms with Crippen molar-refractivity contribution in [3.63, 3.8) is 0 Å². The number of rotatable bonds is 4. The molecule has 5 rings (SSSR count). The van der Waals surface area contributed by atoms with E-state index in [0.717, 1.165) is 12.1 Å². The second kappa shape index (κ2) is 6.97. The summed E-state index contributed by atoms with van der Waals surface area (Å²) in [5, 5.41) is 0. The van der Waals surface area contributed by atoms with Crippen LogP contribution in [0.5, 0.6) is 0 Å². The molecule has 0 unspecified atom stereocenters. The van der Waals surface area contributed by atoms with E-state index in [1.807, 2.05) is 0 Å². The van der Waals surface area contributed by atoms with Crippen molar-refractivity contribution in [1.29, 1.82) is 0 Å². The highest BCUT2D eigenvalue weighted by atomic mass is 19.1. The van der Waals surface area contributed by atoms with Crippen molar-refractivity contribution >= 4 is 23.4 Å². The molecule has 6 nitrogen and oxygen atoms in total. The largest absolute Gasteiger partial charge is 0.368 e. The van der Waals surface area contributed by atoms with Gasteiger partial charge in [-0.25, -0.2) is 4.39 Å². The first-order valence-electron chi connectivity index (χ1n) is 10.3. The van der Waals surface area contributed by atoms with E-state index >= 15 is 0 Å². The fourth-order valence-electron chi connectivity index (χ4n) is 5.42. The summed E-state index contributed by atoms with van der Waals surface area (Å²) in [4.78, 5) is 43.3. The SMILES string of the molecule is O=C(CCN1C(=O)[C@H]2[C@H](C1=O)[C@H]1C=C[C@H]2C1)N1CCN(c2ccc(F)cc2)CC1. The Morgan fingerprint density at radius 2 is 1.52 bits per heavy atom. The first-order chi connectivity index (χ1) is 14.0. The molecular weight excluding hydrogens is 373 g/mol. The van der Waals surface area contributed by atoms with Crippen molar-refractivity contribution in [3.8, 4) is 0 Å². The molecule has 0 spiro atoms. The molecule has 152 valence electrons. The third-order valence-electron chi connectivity index (χ3n) is 6.94. The molecule has 2 heterocycles. The lowest BCUT2D eigenvalue weighted by atomic mass is 9.85. The van der Waals surface area contributed by atoms with Gasteiger partial charge in [0, 0.05) is 44.8 Å². The molecule has 0 N–H and O–H groups in total. The van der Waals surface area contributed by atoms with Crippen LogP contribution in [0, 0.1) is 29.5 Å². The molecule has 2 saturated heterocycles. The number of imide groups is 1. The topological polar surface area (TPSA) is 60.9 Å². The number of amides is 3. The van der Waals surface area contributed by atoms with Gasteiger partial charge in [-0.1, -0.05) is 12.2 Å². The van der Waals surface area contributed by atoms with Gasteiger partial charge in [-0.2, -0.15) is 0 Å². The van der Waals surface area contributed by atoms with Gasteiger partial charge in [-0.15, -0.1) is 0 Å². The van der Waals surface area contributed by atoms with Gasteiger partial charge >= 0.3 is 0 Å². The lowest BCUT2D eigenvalue weighted by Crippen LogP contribution is -2.49. The molecule has 3 amide bonds. The number of hydrogen-bond donors (Lipinski definition) is 0. The van der Waals surface area contributed by atoms with Gasteiger partial charge in [0.2, 0.25) is 17.7 Å². The summed E-state index contributed by atoms with van der Waals surface area (Å²) >= 11 is 0. The Hall–Kier alpha value is -2.70. The Morgan fingerprint density at radius 3 is 2.10 bits per heavy atom. The van der Waals surface area contributed by atoms with Crippen LogP contribution in [0.25, 0.3) is 0 Å². The molecule has 3 fully saturated rings. The van der Waals surface area contributed by atoms with Gasteiger partial charge in [0.25, 0.3) is 0 Å². The molecule has 4 atom stereocenters. The maximum absolute atomic E-state index is 13.1. The van der Waals surface area contributed by atoms with Crippen molar-refractivity contribution in [2.45, 2.75) is 12.8 Å². The third kappa shape index (κ3) is 3.03. The van der Waals surface area contributed by atoms with E-state index in [2.05, 4.69) is 17.1 Å². The predicted molar refractivity (Wildman–Crippen MR) is 104 cm³/mol. The number of likely N-dealkylation sites (tertiary alicyclic amines) is 1. The molecular formula is C22H24FN3O3. The van der Waals surface area contributed by atoms with E-state index < -0.39 is 0 Å². The Balaban J connectivity index is 1.14. The summed E-state index contributed by atoms with van der Waals surface area (Å²) in [6.07, 6.45) is 5.24. The fourth-order valence-corrected chi connectivity index (χ4v) is 5.42. The molecule has 2 aliphatic heterocycles. The van der Waals surface area contributed by atoms with Gasteiger partial charge in [0.15, 0.2) is 0 Å². The molecule has 0 aromatic heterocycles. The van der Waals surface area contributed by atoms with Gasteiger partial charge < -0.3 is 9.80 Å². The zero-order valence-corrected chi connectivity index (χ0v) is 16.2. The van der Waals surface area contributed by atoms with Crippen LogP contribution in [-0.4, -0.2) is 60.2 Å². The minimum Gasteiger partial charge on any atom is -0.368 e. The molecule has 2 bridgehead atoms. The summed E-state index contributed by atoms with van der Waals surface area (Å²) in [6, 6.07) is 6.37. The number of benzene rings is 1. The molecule has 2 aliphatic carbocycles. The zero-order valence-electron chi connectivity index (χ0n) is 16.2. The predicted octanol–water partition coefficient (Wildman–Crippen LogP) is 1.67. The van der Waals surface area contributed by atoms with Crippen LogP contribution < -0.4 is 4.90 Å². The zero-order chi connectivity index (χ0) is 20.1. The second-order valence-corrected chi connectivity index (χ2v) is 8.42. The number of fused-ring (bicyclic) bond motifs is 5. The summed E-state index contributed by atoms with van der Waals surface area (Å²) in [7, 11) is 0. The highest BCUT2D eigenvalue weighted by Crippen LogP contribution is 2.52. The maximum Gasteiger partial charge on any atom is 0.233 e. The number of halogens is 1. The average Bonchev–Trinajstić information content (AvgIpc) is 3.41. The first-order valence-corrected chi connectivity index (χ1v) is 10.3. The van der Waals surface area contributed by atoms with Gasteiger partial charge in [-0.05, 0) is 42.5 Å². The molecule has 0 radical (unpaired) electrons. The smallest absolute Gasteiger partial charge is 0.233 e. The van der Waals surface area contributed by atoms with Crippen LogP contribution in [0.2, 0.25) is 0 Å². The van der Waals surface area contributed by atoms with E-state index in [-0.39, 0.29) is 60.2 Å². The van der Waals surface area contributed by atoms with E-state index in [9.17, 15) is 18.8 Å². The van der Waals surface area contributed by atoms with Crippen molar-refractivity contribution in [2.75, 3.05) is 37.6 Å². The number of allylic oxidation sites excluding steroid dienone is 2. The number of nitrogens with zero attached hydrogens (tertiary/aromatic N) is 3. The number of carbonyl (C=O) groups excluding carboxylic acids is 3. The Morgan fingerprint density at radius 1 is 0.931 bits per heavy atom. The summed E-state index contributed by atoms with van der Waals surface area (Å²) in [5.41, 5.74) is 0.946. The fraction of sp³-hybridized carbons (Fsp3) is 0.500. The highest BCUT2D eigenvalue weighted by molar-refractivity contribution is 6.06. The summed E-state index contributed by atoms with van der Waals surface area (Å²) in [5.74, 6) is -0.484. The lowest BCUT2D eigenvalue weighted by Gasteiger charge is -2.36. The van der Waals surface area contributed by atoms with Gasteiger partial charge in [-0.3, -0.25) is 19.3 Å². The molecule has 7 heteroatoms. The van der Waals surface area contributed by atoms with Gasteiger partial charge in [0.05, 0.1) is 11.8 Å². The Labute approximate surface area is 168 Å². The van der Waals surface area contributed by atoms with E-state index in [1.54, 1.807) is 17.0 Å². The van der Waals surface area contributed by atoms with Crippen LogP contribution in [0.4, 0.5) is 10.1 Å². The number of piperazine rings is 1. The molecule has 29 heavy (non-hydrogen) atoms. The van der Waals surface area contributed by atoms with Crippen LogP contribution in [0.1, 0.15) is 12.8 Å². The maximum atomic E-state index is 13.1. The van der Waals surface area contributed by atoms with E-state index in [4.69, 9.17) is 0 Å². The number of carbonyl (C=O) groups is 3. The quantitative estimate of drug-likeness (QED) is 0.573. The normalized spacial score (nSPS) is 30.4. The third-order valence-corrected chi connectivity index (χ3v) is 6.94. The highest BCUT2D eigenvalue weighted by Gasteiger charge is 2.59. The van der Waals surface area contributed by atoms with Crippen molar-refractivity contribution < 1.29 is 18.8 Å². The van der Waals surface area contributed by atoms with E-state index in [1.165, 1.54) is 17.0 Å². The Kier molecular flexibility index (Phi) is 4.41. The summed E-state index contributed by atoms with van der Waals surface area (Å²) < 4.78 is 13.1. The van der Waals surface area contributed by atoms with Crippen molar-refractivity contribution in [3.05, 3.63) is 42.2 Å². The van der Waals surface area contributed by atoms with E-state index in [0.29, 0.717) is 26.2 Å². The van der Waals surface area contributed by atoms with Crippen LogP contribution >= 0.6 is 0 Å². The van der Waals surface area contributed by atoms with Crippen LogP contribution in [0.15, 0.2) is 36.4 Å². The van der Waals surface area contributed by atoms with Crippen molar-refractivity contribution in [2.24, 2.45) is 23.7 Å². The molecule has 4 aliphatic rings. The standard InChI is InChI=1S/C22H24FN3O3/c23-16-3-5-17(6-4-16)24-9-11-25(12-10-24)18(27)7-8-26-21(28)19-14-1-2-15(13-14)20(19)22(26)29/h1-6,14-15,19-20H,7-13H2/t14-,15-,19+,20+/m0/s1. The second-order valence-electron chi connectivity index (χ2n) is 8.42. The van der Waals surface area contributed by atoms with Crippen molar-refractivity contribution in [1.82, 2.24) is 9.80 Å². The first kappa shape index (κ1) is 18.3. The summed E-state index contributed by atoms with van der Waals surface area (Å²) in [6.45, 7) is 2.70. The molecule has 1 aromatic rings. The minimum atomic E-state index is -0.263. The molecule has 1 saturated carbocycles. The number of hydrogen-bond acceptors (Lipinski definition) is 4. The Bertz CT molecular complexity index is 846. The monoisotopic (exact) mass is 397 g/mol. The number of anilines is 1. The minimum absolute atomic E-state index is 0.0255. The average molecular weight is 397 g/mol. The van der Waals surface area contributed by atoms with Crippen LogP contribution in [-0.2, 0) is 14.4 Å². The van der Waals surface area contributed by atoms with Gasteiger partial charge in [0.1, 0.15) is 5.82 Å². The lowest BCUT2D eigenvalue weighted by molar-refractivity contribution is -0.141. The van der Waals surface area contributed by atoms with Crippen LogP contribution in [0.3, 0.4) is 0 Å².